The van der Waals surface area contributed by atoms with Gasteiger partial charge in [-0.25, -0.2) is 4.39 Å². The van der Waals surface area contributed by atoms with E-state index < -0.39 is 0 Å². The molecule has 0 bridgehead atoms. The van der Waals surface area contributed by atoms with Crippen LogP contribution < -0.4 is 0 Å². The highest BCUT2D eigenvalue weighted by Gasteiger charge is 2.24. The first-order chi connectivity index (χ1) is 19.0. The Bertz CT molecular complexity index is 1880. The Balaban J connectivity index is 1.33. The van der Waals surface area contributed by atoms with Gasteiger partial charge in [0.25, 0.3) is 0 Å². The van der Waals surface area contributed by atoms with Gasteiger partial charge in [0.1, 0.15) is 5.82 Å². The number of aromatic nitrogens is 4. The molecule has 3 aromatic heterocycles. The van der Waals surface area contributed by atoms with E-state index in [2.05, 4.69) is 32.3 Å². The third-order valence-corrected chi connectivity index (χ3v) is 7.45. The van der Waals surface area contributed by atoms with Gasteiger partial charge in [0.2, 0.25) is 11.8 Å². The first-order valence-corrected chi connectivity index (χ1v) is 13.0. The number of H-pyrrole nitrogens is 2. The number of hydrogen-bond acceptors (Lipinski definition) is 3. The molecule has 2 N–H and O–H groups in total. The average molecular weight is 553 g/mol. The van der Waals surface area contributed by atoms with Crippen LogP contribution in [-0.2, 0) is 0 Å². The highest BCUT2D eigenvalue weighted by atomic mass is 35.5. The van der Waals surface area contributed by atoms with Crippen molar-refractivity contribution in [1.82, 2.24) is 20.2 Å². The molecule has 7 rings (SSSR count). The van der Waals surface area contributed by atoms with Crippen molar-refractivity contribution in [2.24, 2.45) is 0 Å². The van der Waals surface area contributed by atoms with E-state index >= 15 is 0 Å². The number of benzene rings is 4. The summed E-state index contributed by atoms with van der Waals surface area (Å²) < 4.78 is 19.2. The molecule has 0 aliphatic heterocycles. The fraction of sp³-hybridized carbons (Fsp3) is 0.0323. The van der Waals surface area contributed by atoms with Gasteiger partial charge in [0, 0.05) is 61.3 Å². The van der Waals surface area contributed by atoms with Crippen LogP contribution in [0.3, 0.4) is 0 Å². The SMILES string of the molecule is Fc1ccc(-c2nnc(-c3ccc(C(c4c[nH]c5ccc(Cl)cc45)c4c[nH]c5ccc(Cl)cc45)cc3)o2)cc1. The maximum atomic E-state index is 13.3. The number of aromatic amines is 2. The maximum absolute atomic E-state index is 13.3. The molecule has 8 heteroatoms. The Labute approximate surface area is 232 Å². The van der Waals surface area contributed by atoms with Crippen molar-refractivity contribution < 1.29 is 8.81 Å². The minimum Gasteiger partial charge on any atom is -0.416 e. The lowest BCUT2D eigenvalue weighted by Gasteiger charge is -2.18. The van der Waals surface area contributed by atoms with Gasteiger partial charge in [-0.05, 0) is 89.5 Å². The van der Waals surface area contributed by atoms with Crippen molar-refractivity contribution in [2.45, 2.75) is 5.92 Å². The van der Waals surface area contributed by atoms with Crippen LogP contribution >= 0.6 is 23.2 Å². The molecule has 39 heavy (non-hydrogen) atoms. The van der Waals surface area contributed by atoms with Crippen LogP contribution in [0.1, 0.15) is 22.6 Å². The fourth-order valence-electron chi connectivity index (χ4n) is 5.10. The van der Waals surface area contributed by atoms with Crippen LogP contribution in [0, 0.1) is 5.82 Å². The molecule has 0 radical (unpaired) electrons. The average Bonchev–Trinajstić information content (AvgIpc) is 3.69. The second-order valence-electron chi connectivity index (χ2n) is 9.34. The van der Waals surface area contributed by atoms with Crippen LogP contribution in [0.5, 0.6) is 0 Å². The van der Waals surface area contributed by atoms with E-state index in [1.54, 1.807) is 12.1 Å². The Hall–Kier alpha value is -4.39. The Morgan fingerprint density at radius 1 is 0.641 bits per heavy atom. The van der Waals surface area contributed by atoms with E-state index in [9.17, 15) is 4.39 Å². The number of nitrogens with one attached hydrogen (secondary N) is 2. The summed E-state index contributed by atoms with van der Waals surface area (Å²) in [5.74, 6) is 0.281. The molecule has 4 aromatic carbocycles. The zero-order chi connectivity index (χ0) is 26.5. The third kappa shape index (κ3) is 4.28. The predicted molar refractivity (Wildman–Crippen MR) is 153 cm³/mol. The van der Waals surface area contributed by atoms with Crippen molar-refractivity contribution in [2.75, 3.05) is 0 Å². The van der Waals surface area contributed by atoms with Crippen LogP contribution in [0.2, 0.25) is 10.0 Å². The maximum Gasteiger partial charge on any atom is 0.248 e. The molecule has 0 spiro atoms. The fourth-order valence-corrected chi connectivity index (χ4v) is 5.44. The smallest absolute Gasteiger partial charge is 0.248 e. The molecule has 0 aliphatic carbocycles. The van der Waals surface area contributed by atoms with Crippen molar-refractivity contribution >= 4 is 45.0 Å². The van der Waals surface area contributed by atoms with Crippen molar-refractivity contribution in [1.29, 1.82) is 0 Å². The van der Waals surface area contributed by atoms with E-state index in [1.807, 2.05) is 60.9 Å². The summed E-state index contributed by atoms with van der Waals surface area (Å²) in [6, 6.07) is 25.7. The van der Waals surface area contributed by atoms with E-state index in [4.69, 9.17) is 27.6 Å². The monoisotopic (exact) mass is 552 g/mol. The number of halogens is 3. The number of fused-ring (bicyclic) bond motifs is 2. The minimum absolute atomic E-state index is 0.115. The molecular weight excluding hydrogens is 534 g/mol. The molecule has 0 unspecified atom stereocenters. The third-order valence-electron chi connectivity index (χ3n) is 6.98. The summed E-state index contributed by atoms with van der Waals surface area (Å²) in [7, 11) is 0. The zero-order valence-corrected chi connectivity index (χ0v) is 21.8. The van der Waals surface area contributed by atoms with E-state index in [0.29, 0.717) is 27.4 Å². The summed E-state index contributed by atoms with van der Waals surface area (Å²) >= 11 is 12.8. The molecule has 190 valence electrons. The van der Waals surface area contributed by atoms with Crippen LogP contribution in [0.25, 0.3) is 44.7 Å². The van der Waals surface area contributed by atoms with Crippen LogP contribution in [0.15, 0.2) is 102 Å². The molecular formula is C31H19Cl2FN4O. The molecule has 0 fully saturated rings. The second kappa shape index (κ2) is 9.42. The lowest BCUT2D eigenvalue weighted by molar-refractivity contribution is 0.584. The Kier molecular flexibility index (Phi) is 5.72. The molecule has 0 amide bonds. The van der Waals surface area contributed by atoms with Gasteiger partial charge in [-0.3, -0.25) is 0 Å². The van der Waals surface area contributed by atoms with E-state index in [-0.39, 0.29) is 11.7 Å². The predicted octanol–water partition coefficient (Wildman–Crippen LogP) is 8.99. The number of nitrogens with zero attached hydrogens (tertiary/aromatic N) is 2. The lowest BCUT2D eigenvalue weighted by Crippen LogP contribution is -2.02. The molecule has 7 aromatic rings. The zero-order valence-electron chi connectivity index (χ0n) is 20.3. The Morgan fingerprint density at radius 3 is 1.64 bits per heavy atom. The van der Waals surface area contributed by atoms with Gasteiger partial charge in [-0.2, -0.15) is 0 Å². The normalized spacial score (nSPS) is 11.7. The highest BCUT2D eigenvalue weighted by molar-refractivity contribution is 6.31. The molecule has 0 saturated carbocycles. The largest absolute Gasteiger partial charge is 0.416 e. The summed E-state index contributed by atoms with van der Waals surface area (Å²) in [5, 5.41) is 11.8. The number of hydrogen-bond donors (Lipinski definition) is 2. The number of rotatable bonds is 5. The van der Waals surface area contributed by atoms with Gasteiger partial charge in [0.15, 0.2) is 0 Å². The Morgan fingerprint density at radius 2 is 1.13 bits per heavy atom. The van der Waals surface area contributed by atoms with Gasteiger partial charge in [-0.15, -0.1) is 10.2 Å². The quantitative estimate of drug-likeness (QED) is 0.224. The van der Waals surface area contributed by atoms with Crippen LogP contribution in [-0.4, -0.2) is 20.2 Å². The second-order valence-corrected chi connectivity index (χ2v) is 10.2. The van der Waals surface area contributed by atoms with Gasteiger partial charge in [0.05, 0.1) is 0 Å². The van der Waals surface area contributed by atoms with Gasteiger partial charge < -0.3 is 14.4 Å². The molecule has 0 saturated heterocycles. The highest BCUT2D eigenvalue weighted by Crippen LogP contribution is 2.41. The summed E-state index contributed by atoms with van der Waals surface area (Å²) in [6.07, 6.45) is 4.08. The van der Waals surface area contributed by atoms with Crippen molar-refractivity contribution in [3.63, 3.8) is 0 Å². The standard InChI is InChI=1S/C31H19Cl2FN4O/c32-20-7-11-27-23(13-20)25(15-35-27)29(26-16-36-28-12-8-21(33)14-24(26)28)17-1-3-18(4-2-17)30-37-38-31(39-30)19-5-9-22(34)10-6-19/h1-16,29,35-36H. The van der Waals surface area contributed by atoms with Gasteiger partial charge in [-0.1, -0.05) is 35.3 Å². The summed E-state index contributed by atoms with van der Waals surface area (Å²) in [5.41, 5.74) is 6.71. The lowest BCUT2D eigenvalue weighted by atomic mass is 9.84. The molecule has 0 aliphatic rings. The minimum atomic E-state index is -0.321. The first-order valence-electron chi connectivity index (χ1n) is 12.3. The topological polar surface area (TPSA) is 70.5 Å². The summed E-state index contributed by atoms with van der Waals surface area (Å²) in [4.78, 5) is 6.79. The van der Waals surface area contributed by atoms with E-state index in [0.717, 1.165) is 44.1 Å². The molecule has 5 nitrogen and oxygen atoms in total. The molecule has 3 heterocycles. The van der Waals surface area contributed by atoms with Crippen molar-refractivity contribution in [3.05, 3.63) is 130 Å². The van der Waals surface area contributed by atoms with Crippen LogP contribution in [0.4, 0.5) is 4.39 Å². The van der Waals surface area contributed by atoms with E-state index in [1.165, 1.54) is 12.1 Å². The summed E-state index contributed by atoms with van der Waals surface area (Å²) in [6.45, 7) is 0. The van der Waals surface area contributed by atoms with Gasteiger partial charge >= 0.3 is 0 Å². The first kappa shape index (κ1) is 23.7. The van der Waals surface area contributed by atoms with Crippen molar-refractivity contribution in [3.8, 4) is 22.9 Å². The molecule has 0 atom stereocenters.